The van der Waals surface area contributed by atoms with Gasteiger partial charge in [0.1, 0.15) is 11.5 Å². The topological polar surface area (TPSA) is 46.9 Å². The third-order valence-corrected chi connectivity index (χ3v) is 3.62. The van der Waals surface area contributed by atoms with E-state index in [0.717, 1.165) is 4.68 Å². The van der Waals surface area contributed by atoms with Crippen LogP contribution in [0.5, 0.6) is 0 Å². The van der Waals surface area contributed by atoms with Crippen molar-refractivity contribution in [1.29, 1.82) is 0 Å². The van der Waals surface area contributed by atoms with E-state index in [1.807, 2.05) is 0 Å². The quantitative estimate of drug-likeness (QED) is 0.761. The van der Waals surface area contributed by atoms with Crippen LogP contribution >= 0.6 is 0 Å². The maximum absolute atomic E-state index is 13.5. The van der Waals surface area contributed by atoms with Gasteiger partial charge in [-0.3, -0.25) is 9.48 Å². The molecule has 1 heterocycles. The van der Waals surface area contributed by atoms with Crippen LogP contribution in [0.2, 0.25) is 0 Å². The molecule has 3 rings (SSSR count). The second-order valence-electron chi connectivity index (χ2n) is 5.41. The zero-order valence-corrected chi connectivity index (χ0v) is 13.2. The van der Waals surface area contributed by atoms with Crippen molar-refractivity contribution in [3.05, 3.63) is 71.8 Å². The van der Waals surface area contributed by atoms with Crippen molar-refractivity contribution in [2.45, 2.75) is 6.43 Å². The van der Waals surface area contributed by atoms with E-state index < -0.39 is 23.8 Å². The lowest BCUT2D eigenvalue weighted by atomic mass is 10.0. The van der Waals surface area contributed by atoms with Gasteiger partial charge < -0.3 is 5.32 Å². The van der Waals surface area contributed by atoms with Crippen molar-refractivity contribution in [3.63, 3.8) is 0 Å². The molecule has 0 saturated carbocycles. The highest BCUT2D eigenvalue weighted by molar-refractivity contribution is 6.06. The first kappa shape index (κ1) is 16.8. The summed E-state index contributed by atoms with van der Waals surface area (Å²) in [6.45, 7) is 0. The van der Waals surface area contributed by atoms with E-state index in [1.165, 1.54) is 25.4 Å². The maximum atomic E-state index is 13.5. The van der Waals surface area contributed by atoms with Crippen LogP contribution in [-0.2, 0) is 7.05 Å². The molecule has 0 bridgehead atoms. The summed E-state index contributed by atoms with van der Waals surface area (Å²) in [5.74, 6) is -1.11. The molecule has 0 radical (unpaired) electrons. The van der Waals surface area contributed by atoms with E-state index in [9.17, 15) is 18.0 Å². The maximum Gasteiger partial charge on any atom is 0.282 e. The number of rotatable bonds is 4. The van der Waals surface area contributed by atoms with Gasteiger partial charge in [-0.1, -0.05) is 30.3 Å². The Morgan fingerprint density at radius 3 is 2.64 bits per heavy atom. The Morgan fingerprint density at radius 2 is 1.92 bits per heavy atom. The van der Waals surface area contributed by atoms with E-state index in [4.69, 9.17) is 0 Å². The number of hydrogen-bond acceptors (Lipinski definition) is 2. The van der Waals surface area contributed by atoms with Gasteiger partial charge in [0.25, 0.3) is 12.3 Å². The minimum absolute atomic E-state index is 0.202. The number of para-hydroxylation sites is 1. The molecule has 0 aliphatic heterocycles. The van der Waals surface area contributed by atoms with Crippen LogP contribution in [0.3, 0.4) is 0 Å². The van der Waals surface area contributed by atoms with Crippen molar-refractivity contribution in [1.82, 2.24) is 9.78 Å². The largest absolute Gasteiger partial charge is 0.321 e. The van der Waals surface area contributed by atoms with Crippen LogP contribution < -0.4 is 5.32 Å². The third-order valence-electron chi connectivity index (χ3n) is 3.62. The Balaban J connectivity index is 1.95. The van der Waals surface area contributed by atoms with Crippen molar-refractivity contribution in [2.24, 2.45) is 7.05 Å². The zero-order valence-electron chi connectivity index (χ0n) is 13.2. The lowest BCUT2D eigenvalue weighted by molar-refractivity contribution is 0.101. The summed E-state index contributed by atoms with van der Waals surface area (Å²) in [5, 5.41) is 6.23. The monoisotopic (exact) mass is 345 g/mol. The van der Waals surface area contributed by atoms with Gasteiger partial charge in [-0.05, 0) is 23.8 Å². The molecule has 0 unspecified atom stereocenters. The van der Waals surface area contributed by atoms with Crippen LogP contribution in [-0.4, -0.2) is 15.7 Å². The molecule has 0 saturated heterocycles. The highest BCUT2D eigenvalue weighted by Crippen LogP contribution is 2.29. The number of aryl methyl sites for hydroxylation is 1. The summed E-state index contributed by atoms with van der Waals surface area (Å²) in [5.41, 5.74) is 0.756. The Labute approximate surface area is 141 Å². The number of amides is 1. The molecule has 7 heteroatoms. The van der Waals surface area contributed by atoms with Crippen LogP contribution in [0, 0.1) is 5.82 Å². The van der Waals surface area contributed by atoms with Gasteiger partial charge in [-0.25, -0.2) is 13.2 Å². The van der Waals surface area contributed by atoms with Crippen LogP contribution in [0.1, 0.15) is 22.5 Å². The second-order valence-corrected chi connectivity index (χ2v) is 5.41. The summed E-state index contributed by atoms with van der Waals surface area (Å²) in [4.78, 5) is 12.4. The van der Waals surface area contributed by atoms with Crippen LogP contribution in [0.15, 0.2) is 54.7 Å². The highest BCUT2D eigenvalue weighted by atomic mass is 19.3. The number of hydrogen-bond donors (Lipinski definition) is 1. The average molecular weight is 345 g/mol. The molecule has 0 aliphatic carbocycles. The molecule has 3 aromatic rings. The van der Waals surface area contributed by atoms with E-state index in [2.05, 4.69) is 10.4 Å². The Bertz CT molecular complexity index is 921. The molecule has 0 fully saturated rings. The van der Waals surface area contributed by atoms with E-state index >= 15 is 0 Å². The molecule has 2 aromatic carbocycles. The number of halogens is 3. The second kappa shape index (κ2) is 6.80. The highest BCUT2D eigenvalue weighted by Gasteiger charge is 2.23. The first-order valence-electron chi connectivity index (χ1n) is 7.43. The minimum atomic E-state index is -2.86. The first-order valence-corrected chi connectivity index (χ1v) is 7.43. The molecule has 1 amide bonds. The van der Waals surface area contributed by atoms with Crippen molar-refractivity contribution >= 4 is 11.6 Å². The van der Waals surface area contributed by atoms with Gasteiger partial charge >= 0.3 is 0 Å². The number of alkyl halides is 2. The normalized spacial score (nSPS) is 10.9. The zero-order chi connectivity index (χ0) is 18.0. The van der Waals surface area contributed by atoms with Crippen LogP contribution in [0.25, 0.3) is 11.1 Å². The first-order chi connectivity index (χ1) is 12.0. The molecule has 0 aliphatic rings. The number of anilines is 1. The van der Waals surface area contributed by atoms with Gasteiger partial charge in [0, 0.05) is 24.5 Å². The van der Waals surface area contributed by atoms with Gasteiger partial charge in [0.2, 0.25) is 0 Å². The summed E-state index contributed by atoms with van der Waals surface area (Å²) < 4.78 is 40.7. The molecule has 25 heavy (non-hydrogen) atoms. The summed E-state index contributed by atoms with van der Waals surface area (Å²) in [7, 11) is 1.46. The summed E-state index contributed by atoms with van der Waals surface area (Å²) >= 11 is 0. The molecular formula is C18H14F3N3O. The number of carbonyl (C=O) groups excluding carboxylic acids is 1. The lowest BCUT2D eigenvalue weighted by Gasteiger charge is -2.11. The number of aromatic nitrogens is 2. The molecule has 128 valence electrons. The number of nitrogens with one attached hydrogen (secondary N) is 1. The molecule has 4 nitrogen and oxygen atoms in total. The molecule has 0 spiro atoms. The standard InChI is InChI=1S/C18H14F3N3O/c1-24-10-14(16(23-24)17(20)21)18(25)22-15-8-3-2-7-13(15)11-5-4-6-12(19)9-11/h2-10,17H,1H3,(H,22,25). The Kier molecular flexibility index (Phi) is 4.56. The molecule has 1 aromatic heterocycles. The van der Waals surface area contributed by atoms with Crippen LogP contribution in [0.4, 0.5) is 18.9 Å². The number of nitrogens with zero attached hydrogens (tertiary/aromatic N) is 2. The van der Waals surface area contributed by atoms with Crippen molar-refractivity contribution in [2.75, 3.05) is 5.32 Å². The Hall–Kier alpha value is -3.09. The fourth-order valence-electron chi connectivity index (χ4n) is 2.53. The minimum Gasteiger partial charge on any atom is -0.321 e. The smallest absolute Gasteiger partial charge is 0.282 e. The van der Waals surface area contributed by atoms with Gasteiger partial charge in [-0.15, -0.1) is 0 Å². The lowest BCUT2D eigenvalue weighted by Crippen LogP contribution is -2.14. The van der Waals surface area contributed by atoms with E-state index in [1.54, 1.807) is 36.4 Å². The molecule has 1 N–H and O–H groups in total. The fraction of sp³-hybridized carbons (Fsp3) is 0.111. The number of carbonyl (C=O) groups is 1. The van der Waals surface area contributed by atoms with Gasteiger partial charge in [-0.2, -0.15) is 5.10 Å². The molecular weight excluding hydrogens is 331 g/mol. The predicted octanol–water partition coefficient (Wildman–Crippen LogP) is 4.42. The number of benzene rings is 2. The average Bonchev–Trinajstić information content (AvgIpc) is 2.98. The van der Waals surface area contributed by atoms with Gasteiger partial charge in [0.15, 0.2) is 0 Å². The van der Waals surface area contributed by atoms with E-state index in [0.29, 0.717) is 16.8 Å². The molecule has 0 atom stereocenters. The van der Waals surface area contributed by atoms with Crippen molar-refractivity contribution < 1.29 is 18.0 Å². The Morgan fingerprint density at radius 1 is 1.16 bits per heavy atom. The predicted molar refractivity (Wildman–Crippen MR) is 88.0 cm³/mol. The SMILES string of the molecule is Cn1cc(C(=O)Nc2ccccc2-c2cccc(F)c2)c(C(F)F)n1. The van der Waals surface area contributed by atoms with E-state index in [-0.39, 0.29) is 5.56 Å². The van der Waals surface area contributed by atoms with Gasteiger partial charge in [0.05, 0.1) is 5.56 Å². The third kappa shape index (κ3) is 3.55. The summed E-state index contributed by atoms with van der Waals surface area (Å²) in [6.07, 6.45) is -1.62. The summed E-state index contributed by atoms with van der Waals surface area (Å²) in [6, 6.07) is 12.7. The fourth-order valence-corrected chi connectivity index (χ4v) is 2.53. The van der Waals surface area contributed by atoms with Crippen molar-refractivity contribution in [3.8, 4) is 11.1 Å².